The van der Waals surface area contributed by atoms with Gasteiger partial charge in [-0.05, 0) is 39.7 Å². The van der Waals surface area contributed by atoms with Crippen molar-refractivity contribution in [2.75, 3.05) is 12.4 Å². The van der Waals surface area contributed by atoms with Crippen molar-refractivity contribution in [3.05, 3.63) is 22.5 Å². The number of rotatable bonds is 5. The molecule has 8 heteroatoms. The number of ketones is 2. The van der Waals surface area contributed by atoms with Crippen molar-refractivity contribution in [2.24, 2.45) is 0 Å². The number of amides is 1. The van der Waals surface area contributed by atoms with Crippen molar-refractivity contribution in [3.63, 3.8) is 0 Å². The van der Waals surface area contributed by atoms with Crippen LogP contribution in [0.4, 0.5) is 0 Å². The van der Waals surface area contributed by atoms with Gasteiger partial charge in [0.2, 0.25) is 11.7 Å². The van der Waals surface area contributed by atoms with Gasteiger partial charge in [-0.15, -0.1) is 11.8 Å². The van der Waals surface area contributed by atoms with E-state index in [9.17, 15) is 19.2 Å². The number of aryl methyl sites for hydroxylation is 1. The lowest BCUT2D eigenvalue weighted by Gasteiger charge is -2.29. The molecule has 1 amide bonds. The summed E-state index contributed by atoms with van der Waals surface area (Å²) >= 11 is 1.57. The number of aromatic nitrogens is 1. The van der Waals surface area contributed by atoms with E-state index in [1.54, 1.807) is 30.5 Å². The minimum absolute atomic E-state index is 0.0484. The maximum absolute atomic E-state index is 12.4. The van der Waals surface area contributed by atoms with Crippen LogP contribution in [0.3, 0.4) is 0 Å². The van der Waals surface area contributed by atoms with Crippen LogP contribution < -0.4 is 0 Å². The molecule has 3 rings (SSSR count). The largest absolute Gasteiger partial charge is 0.456 e. The minimum atomic E-state index is -0.646. The summed E-state index contributed by atoms with van der Waals surface area (Å²) in [4.78, 5) is 52.8. The number of carbonyl (C=O) groups excluding carboxylic acids is 4. The van der Waals surface area contributed by atoms with Gasteiger partial charge >= 0.3 is 5.97 Å². The van der Waals surface area contributed by atoms with E-state index in [1.807, 2.05) is 6.92 Å². The maximum Gasteiger partial charge on any atom is 0.330 e. The summed E-state index contributed by atoms with van der Waals surface area (Å²) in [7, 11) is 0. The molecule has 3 heterocycles. The normalized spacial score (nSPS) is 24.7. The Labute approximate surface area is 155 Å². The van der Waals surface area contributed by atoms with Crippen LogP contribution in [0.1, 0.15) is 58.8 Å². The van der Waals surface area contributed by atoms with Gasteiger partial charge in [-0.25, -0.2) is 4.79 Å². The first-order valence-corrected chi connectivity index (χ1v) is 9.50. The molecule has 7 nitrogen and oxygen atoms in total. The van der Waals surface area contributed by atoms with Crippen LogP contribution in [0.2, 0.25) is 0 Å². The van der Waals surface area contributed by atoms with Gasteiger partial charge in [-0.3, -0.25) is 14.4 Å². The van der Waals surface area contributed by atoms with E-state index in [4.69, 9.17) is 4.74 Å². The first kappa shape index (κ1) is 18.7. The zero-order valence-electron chi connectivity index (χ0n) is 15.3. The van der Waals surface area contributed by atoms with E-state index in [1.165, 1.54) is 6.92 Å². The van der Waals surface area contributed by atoms with Crippen molar-refractivity contribution in [1.29, 1.82) is 0 Å². The molecule has 0 saturated carbocycles. The molecule has 2 fully saturated rings. The molecule has 1 N–H and O–H groups in total. The third-order valence-corrected chi connectivity index (χ3v) is 6.64. The van der Waals surface area contributed by atoms with E-state index < -0.39 is 24.4 Å². The Morgan fingerprint density at radius 1 is 1.35 bits per heavy atom. The molecule has 0 aromatic carbocycles. The molecule has 140 valence electrons. The monoisotopic (exact) mass is 378 g/mol. The van der Waals surface area contributed by atoms with E-state index in [-0.39, 0.29) is 22.3 Å². The lowest BCUT2D eigenvalue weighted by molar-refractivity contribution is -0.152. The predicted octanol–water partition coefficient (Wildman–Crippen LogP) is 2.01. The van der Waals surface area contributed by atoms with Gasteiger partial charge in [0.25, 0.3) is 0 Å². The van der Waals surface area contributed by atoms with Gasteiger partial charge in [0, 0.05) is 23.4 Å². The second-order valence-electron chi connectivity index (χ2n) is 6.98. The number of carbonyl (C=O) groups is 4. The highest BCUT2D eigenvalue weighted by molar-refractivity contribution is 8.01. The van der Waals surface area contributed by atoms with Crippen LogP contribution in [-0.4, -0.2) is 56.6 Å². The molecule has 0 unspecified atom stereocenters. The maximum atomic E-state index is 12.4. The molecular formula is C18H22N2O5S. The molecule has 0 spiro atoms. The average Bonchev–Trinajstić information content (AvgIpc) is 3.16. The second kappa shape index (κ2) is 6.57. The number of H-pyrrole nitrogens is 1. The van der Waals surface area contributed by atoms with E-state index in [0.29, 0.717) is 35.4 Å². The SMILES string of the molecule is CC(=O)c1c(C)[nH]c(C(=O)COC(=O)[C@@H]2CS[C@@]3(C)CCC(=O)N23)c1C. The van der Waals surface area contributed by atoms with Crippen molar-refractivity contribution in [1.82, 2.24) is 9.88 Å². The number of fused-ring (bicyclic) bond motifs is 1. The number of hydrogen-bond acceptors (Lipinski definition) is 6. The number of nitrogens with one attached hydrogen (secondary N) is 1. The highest BCUT2D eigenvalue weighted by Crippen LogP contribution is 2.47. The topological polar surface area (TPSA) is 96.5 Å². The number of aromatic amines is 1. The number of ether oxygens (including phenoxy) is 1. The molecule has 26 heavy (non-hydrogen) atoms. The zero-order chi connectivity index (χ0) is 19.2. The molecule has 2 atom stereocenters. The quantitative estimate of drug-likeness (QED) is 0.622. The fraction of sp³-hybridized carbons (Fsp3) is 0.556. The summed E-state index contributed by atoms with van der Waals surface area (Å²) in [5, 5.41) is 0. The zero-order valence-corrected chi connectivity index (χ0v) is 16.1. The number of hydrogen-bond donors (Lipinski definition) is 1. The highest BCUT2D eigenvalue weighted by atomic mass is 32.2. The summed E-state index contributed by atoms with van der Waals surface area (Å²) in [5.41, 5.74) is 1.96. The molecule has 0 radical (unpaired) electrons. The summed E-state index contributed by atoms with van der Waals surface area (Å²) in [5.74, 6) is -0.648. The number of thioether (sulfide) groups is 1. The average molecular weight is 378 g/mol. The van der Waals surface area contributed by atoms with E-state index >= 15 is 0 Å². The van der Waals surface area contributed by atoms with Crippen LogP contribution >= 0.6 is 11.8 Å². The standard InChI is InChI=1S/C18H22N2O5S/c1-9-15(11(3)21)10(2)19-16(9)13(22)7-25-17(24)12-8-26-18(4)6-5-14(23)20(12)18/h12,19H,5-8H2,1-4H3/t12-,18-/m0/s1. The fourth-order valence-corrected chi connectivity index (χ4v) is 5.27. The number of nitrogens with zero attached hydrogens (tertiary/aromatic N) is 1. The van der Waals surface area contributed by atoms with Gasteiger partial charge in [0.15, 0.2) is 12.4 Å². The van der Waals surface area contributed by atoms with E-state index in [2.05, 4.69) is 4.98 Å². The van der Waals surface area contributed by atoms with Crippen LogP contribution in [0, 0.1) is 13.8 Å². The van der Waals surface area contributed by atoms with Gasteiger partial charge in [0.1, 0.15) is 6.04 Å². The van der Waals surface area contributed by atoms with Crippen LogP contribution in [0.25, 0.3) is 0 Å². The Hall–Kier alpha value is -2.09. The molecule has 2 aliphatic rings. The molecular weight excluding hydrogens is 356 g/mol. The summed E-state index contributed by atoms with van der Waals surface area (Å²) < 4.78 is 5.21. The van der Waals surface area contributed by atoms with Crippen LogP contribution in [0.15, 0.2) is 0 Å². The first-order valence-electron chi connectivity index (χ1n) is 8.52. The van der Waals surface area contributed by atoms with Crippen molar-refractivity contribution in [2.45, 2.75) is 51.4 Å². The Kier molecular flexibility index (Phi) is 4.72. The summed E-state index contributed by atoms with van der Waals surface area (Å²) in [6.07, 6.45) is 1.15. The number of esters is 1. The molecule has 1 aromatic rings. The predicted molar refractivity (Wildman–Crippen MR) is 96.3 cm³/mol. The Morgan fingerprint density at radius 2 is 2.04 bits per heavy atom. The molecule has 2 saturated heterocycles. The molecule has 1 aromatic heterocycles. The highest BCUT2D eigenvalue weighted by Gasteiger charge is 2.53. The van der Waals surface area contributed by atoms with Crippen LogP contribution in [-0.2, 0) is 14.3 Å². The van der Waals surface area contributed by atoms with Gasteiger partial charge in [-0.2, -0.15) is 0 Å². The fourth-order valence-electron chi connectivity index (χ4n) is 3.86. The Morgan fingerprint density at radius 3 is 2.65 bits per heavy atom. The first-order chi connectivity index (χ1) is 12.2. The van der Waals surface area contributed by atoms with Gasteiger partial charge in [0.05, 0.1) is 10.6 Å². The van der Waals surface area contributed by atoms with E-state index in [0.717, 1.165) is 0 Å². The van der Waals surface area contributed by atoms with Gasteiger partial charge in [-0.1, -0.05) is 0 Å². The van der Waals surface area contributed by atoms with Gasteiger partial charge < -0.3 is 14.6 Å². The summed E-state index contributed by atoms with van der Waals surface area (Å²) in [6, 6.07) is -0.646. The smallest absolute Gasteiger partial charge is 0.330 e. The second-order valence-corrected chi connectivity index (χ2v) is 8.48. The molecule has 0 bridgehead atoms. The minimum Gasteiger partial charge on any atom is -0.456 e. The van der Waals surface area contributed by atoms with Crippen molar-refractivity contribution >= 4 is 35.2 Å². The van der Waals surface area contributed by atoms with Crippen molar-refractivity contribution < 1.29 is 23.9 Å². The van der Waals surface area contributed by atoms with Crippen LogP contribution in [0.5, 0.6) is 0 Å². The molecule has 0 aliphatic carbocycles. The lowest BCUT2D eigenvalue weighted by atomic mass is 10.1. The third kappa shape index (κ3) is 2.96. The third-order valence-electron chi connectivity index (χ3n) is 5.13. The lowest BCUT2D eigenvalue weighted by Crippen LogP contribution is -2.46. The Bertz CT molecular complexity index is 815. The number of Topliss-reactive ketones (excluding diaryl/α,β-unsaturated/α-hetero) is 2. The Balaban J connectivity index is 1.67. The molecule has 2 aliphatic heterocycles. The van der Waals surface area contributed by atoms with Crippen molar-refractivity contribution in [3.8, 4) is 0 Å². The summed E-state index contributed by atoms with van der Waals surface area (Å²) in [6.45, 7) is 6.39.